The van der Waals surface area contributed by atoms with E-state index in [1.54, 1.807) is 7.11 Å². The van der Waals surface area contributed by atoms with Crippen molar-refractivity contribution in [3.05, 3.63) is 0 Å². The maximum Gasteiger partial charge on any atom is 0.221 e. The maximum absolute atomic E-state index is 11.7. The first-order valence-corrected chi connectivity index (χ1v) is 6.15. The van der Waals surface area contributed by atoms with Crippen molar-refractivity contribution < 1.29 is 9.53 Å². The van der Waals surface area contributed by atoms with E-state index in [0.717, 1.165) is 6.54 Å². The molecule has 0 aliphatic carbocycles. The number of ether oxygens (including phenoxy) is 1. The monoisotopic (exact) mass is 228 g/mol. The standard InChI is InChI=1S/C12H24N2O2/c1-9-5-4-6-13-11(9)7-12(15)14-10(2)8-16-3/h9-11,13H,4-8H2,1-3H3,(H,14,15). The average molecular weight is 228 g/mol. The molecular weight excluding hydrogens is 204 g/mol. The summed E-state index contributed by atoms with van der Waals surface area (Å²) in [5.74, 6) is 0.716. The molecule has 16 heavy (non-hydrogen) atoms. The summed E-state index contributed by atoms with van der Waals surface area (Å²) in [6, 6.07) is 0.430. The van der Waals surface area contributed by atoms with Crippen LogP contribution >= 0.6 is 0 Å². The van der Waals surface area contributed by atoms with Gasteiger partial charge in [0, 0.05) is 25.6 Å². The molecule has 0 saturated carbocycles. The van der Waals surface area contributed by atoms with Crippen LogP contribution in [-0.4, -0.2) is 38.3 Å². The fraction of sp³-hybridized carbons (Fsp3) is 0.917. The van der Waals surface area contributed by atoms with Gasteiger partial charge in [-0.1, -0.05) is 6.92 Å². The molecule has 94 valence electrons. The minimum absolute atomic E-state index is 0.0939. The molecule has 0 spiro atoms. The maximum atomic E-state index is 11.7. The zero-order valence-electron chi connectivity index (χ0n) is 10.6. The molecule has 0 aromatic carbocycles. The average Bonchev–Trinajstić information content (AvgIpc) is 2.21. The molecule has 2 N–H and O–H groups in total. The fourth-order valence-corrected chi connectivity index (χ4v) is 2.21. The molecule has 1 saturated heterocycles. The smallest absolute Gasteiger partial charge is 0.221 e. The molecule has 1 amide bonds. The van der Waals surface area contributed by atoms with Crippen molar-refractivity contribution in [3.63, 3.8) is 0 Å². The first-order valence-electron chi connectivity index (χ1n) is 6.15. The Morgan fingerprint density at radius 2 is 2.38 bits per heavy atom. The zero-order chi connectivity index (χ0) is 12.0. The van der Waals surface area contributed by atoms with Gasteiger partial charge in [-0.25, -0.2) is 0 Å². The van der Waals surface area contributed by atoms with Crippen molar-refractivity contribution in [2.45, 2.75) is 45.2 Å². The lowest BCUT2D eigenvalue weighted by Crippen LogP contribution is -2.45. The third kappa shape index (κ3) is 4.49. The van der Waals surface area contributed by atoms with E-state index < -0.39 is 0 Å². The van der Waals surface area contributed by atoms with Crippen molar-refractivity contribution in [3.8, 4) is 0 Å². The van der Waals surface area contributed by atoms with Crippen LogP contribution in [0.15, 0.2) is 0 Å². The van der Waals surface area contributed by atoms with E-state index in [4.69, 9.17) is 4.74 Å². The van der Waals surface area contributed by atoms with Gasteiger partial charge in [-0.15, -0.1) is 0 Å². The van der Waals surface area contributed by atoms with Gasteiger partial charge in [-0.2, -0.15) is 0 Å². The summed E-state index contributed by atoms with van der Waals surface area (Å²) in [6.45, 7) is 5.77. The van der Waals surface area contributed by atoms with Crippen molar-refractivity contribution in [1.82, 2.24) is 10.6 Å². The Kier molecular flexibility index (Phi) is 5.77. The third-order valence-electron chi connectivity index (χ3n) is 3.16. The van der Waals surface area contributed by atoms with Crippen LogP contribution in [0.4, 0.5) is 0 Å². The molecule has 4 nitrogen and oxygen atoms in total. The first-order chi connectivity index (χ1) is 7.63. The summed E-state index contributed by atoms with van der Waals surface area (Å²) >= 11 is 0. The highest BCUT2D eigenvalue weighted by atomic mass is 16.5. The Morgan fingerprint density at radius 1 is 1.62 bits per heavy atom. The van der Waals surface area contributed by atoms with E-state index in [1.807, 2.05) is 6.92 Å². The molecule has 3 atom stereocenters. The van der Waals surface area contributed by atoms with E-state index in [2.05, 4.69) is 17.6 Å². The van der Waals surface area contributed by atoms with E-state index in [0.29, 0.717) is 25.0 Å². The lowest BCUT2D eigenvalue weighted by Gasteiger charge is -2.30. The minimum Gasteiger partial charge on any atom is -0.383 e. The molecule has 1 fully saturated rings. The summed E-state index contributed by atoms with van der Waals surface area (Å²) in [7, 11) is 1.65. The van der Waals surface area contributed by atoms with Crippen LogP contribution in [0.5, 0.6) is 0 Å². The fourth-order valence-electron chi connectivity index (χ4n) is 2.21. The number of hydrogen-bond donors (Lipinski definition) is 2. The number of amides is 1. The first kappa shape index (κ1) is 13.5. The predicted molar refractivity (Wildman–Crippen MR) is 64.3 cm³/mol. The molecule has 1 aliphatic rings. The molecule has 4 heteroatoms. The zero-order valence-corrected chi connectivity index (χ0v) is 10.6. The molecule has 1 aliphatic heterocycles. The Bertz CT molecular complexity index is 221. The predicted octanol–water partition coefficient (Wildman–Crippen LogP) is 0.916. The van der Waals surface area contributed by atoms with Gasteiger partial charge in [0.25, 0.3) is 0 Å². The summed E-state index contributed by atoms with van der Waals surface area (Å²) in [4.78, 5) is 11.7. The highest BCUT2D eigenvalue weighted by Crippen LogP contribution is 2.17. The number of piperidine rings is 1. The normalized spacial score (nSPS) is 27.4. The van der Waals surface area contributed by atoms with Crippen molar-refractivity contribution in [1.29, 1.82) is 0 Å². The van der Waals surface area contributed by atoms with Crippen molar-refractivity contribution in [2.75, 3.05) is 20.3 Å². The van der Waals surface area contributed by atoms with E-state index >= 15 is 0 Å². The highest BCUT2D eigenvalue weighted by Gasteiger charge is 2.23. The van der Waals surface area contributed by atoms with Gasteiger partial charge < -0.3 is 15.4 Å². The second-order valence-electron chi connectivity index (χ2n) is 4.81. The van der Waals surface area contributed by atoms with Crippen LogP contribution in [0.2, 0.25) is 0 Å². The summed E-state index contributed by atoms with van der Waals surface area (Å²) < 4.78 is 4.99. The molecule has 1 rings (SSSR count). The number of methoxy groups -OCH3 is 1. The number of rotatable bonds is 5. The van der Waals surface area contributed by atoms with E-state index in [9.17, 15) is 4.79 Å². The Hall–Kier alpha value is -0.610. The topological polar surface area (TPSA) is 50.4 Å². The number of carbonyl (C=O) groups excluding carboxylic acids is 1. The molecule has 0 aromatic rings. The molecule has 0 radical (unpaired) electrons. The largest absolute Gasteiger partial charge is 0.383 e. The summed E-state index contributed by atoms with van der Waals surface area (Å²) in [5, 5.41) is 6.36. The lowest BCUT2D eigenvalue weighted by atomic mass is 9.90. The Labute approximate surface area is 98.1 Å². The minimum atomic E-state index is 0.0939. The van der Waals surface area contributed by atoms with Crippen LogP contribution in [0, 0.1) is 5.92 Å². The second kappa shape index (κ2) is 6.86. The second-order valence-corrected chi connectivity index (χ2v) is 4.81. The quantitative estimate of drug-likeness (QED) is 0.735. The number of hydrogen-bond acceptors (Lipinski definition) is 3. The van der Waals surface area contributed by atoms with Crippen LogP contribution in [-0.2, 0) is 9.53 Å². The van der Waals surface area contributed by atoms with Gasteiger partial charge in [-0.05, 0) is 32.2 Å². The van der Waals surface area contributed by atoms with Crippen LogP contribution in [0.3, 0.4) is 0 Å². The van der Waals surface area contributed by atoms with E-state index in [1.165, 1.54) is 12.8 Å². The summed E-state index contributed by atoms with van der Waals surface area (Å²) in [6.07, 6.45) is 3.02. The Morgan fingerprint density at radius 3 is 3.00 bits per heavy atom. The van der Waals surface area contributed by atoms with Gasteiger partial charge in [-0.3, -0.25) is 4.79 Å². The molecular formula is C12H24N2O2. The molecule has 3 unspecified atom stereocenters. The van der Waals surface area contributed by atoms with Gasteiger partial charge in [0.15, 0.2) is 0 Å². The van der Waals surface area contributed by atoms with Gasteiger partial charge in [0.05, 0.1) is 6.61 Å². The number of carbonyl (C=O) groups is 1. The van der Waals surface area contributed by atoms with Gasteiger partial charge in [0.2, 0.25) is 5.91 Å². The van der Waals surface area contributed by atoms with Crippen LogP contribution in [0.25, 0.3) is 0 Å². The SMILES string of the molecule is COCC(C)NC(=O)CC1NCCCC1C. The van der Waals surface area contributed by atoms with Gasteiger partial charge in [0.1, 0.15) is 0 Å². The van der Waals surface area contributed by atoms with Crippen molar-refractivity contribution in [2.24, 2.45) is 5.92 Å². The van der Waals surface area contributed by atoms with Crippen molar-refractivity contribution >= 4 is 5.91 Å². The molecule has 1 heterocycles. The lowest BCUT2D eigenvalue weighted by molar-refractivity contribution is -0.122. The summed E-state index contributed by atoms with van der Waals surface area (Å²) in [5.41, 5.74) is 0. The van der Waals surface area contributed by atoms with Crippen LogP contribution in [0.1, 0.15) is 33.1 Å². The molecule has 0 aromatic heterocycles. The van der Waals surface area contributed by atoms with Gasteiger partial charge >= 0.3 is 0 Å². The highest BCUT2D eigenvalue weighted by molar-refractivity contribution is 5.76. The number of nitrogens with one attached hydrogen (secondary N) is 2. The van der Waals surface area contributed by atoms with E-state index in [-0.39, 0.29) is 11.9 Å². The third-order valence-corrected chi connectivity index (χ3v) is 3.16. The van der Waals surface area contributed by atoms with Crippen LogP contribution < -0.4 is 10.6 Å². The Balaban J connectivity index is 2.27. The molecule has 0 bridgehead atoms.